The third-order valence-corrected chi connectivity index (χ3v) is 5.44. The Morgan fingerprint density at radius 3 is 2.67 bits per heavy atom. The molecule has 2 aromatic rings. The summed E-state index contributed by atoms with van der Waals surface area (Å²) in [5, 5.41) is 10.7. The first-order valence-electron chi connectivity index (χ1n) is 9.71. The second-order valence-electron chi connectivity index (χ2n) is 7.18. The number of ketones is 1. The number of aliphatic hydroxyl groups is 1. The van der Waals surface area contributed by atoms with Gasteiger partial charge in [0.25, 0.3) is 5.91 Å². The van der Waals surface area contributed by atoms with Crippen LogP contribution in [-0.4, -0.2) is 55.2 Å². The SMILES string of the molecule is COc1ccc([C@@H]2C(C(=O)c3ccco3)=C(O)C(=O)N2C[C@H]2CCCO2)cc1OC. The molecule has 158 valence electrons. The molecule has 0 bridgehead atoms. The fourth-order valence-corrected chi connectivity index (χ4v) is 3.99. The van der Waals surface area contributed by atoms with E-state index in [9.17, 15) is 14.7 Å². The van der Waals surface area contributed by atoms with Crippen molar-refractivity contribution in [1.82, 2.24) is 4.90 Å². The molecular formula is C22H23NO7. The van der Waals surface area contributed by atoms with Gasteiger partial charge in [-0.2, -0.15) is 0 Å². The molecule has 1 fully saturated rings. The summed E-state index contributed by atoms with van der Waals surface area (Å²) in [7, 11) is 3.03. The zero-order chi connectivity index (χ0) is 21.3. The van der Waals surface area contributed by atoms with Gasteiger partial charge in [0.15, 0.2) is 23.0 Å². The average molecular weight is 413 g/mol. The first-order valence-corrected chi connectivity index (χ1v) is 9.71. The maximum Gasteiger partial charge on any atom is 0.290 e. The molecule has 1 aromatic heterocycles. The second-order valence-corrected chi connectivity index (χ2v) is 7.18. The molecule has 1 aromatic carbocycles. The highest BCUT2D eigenvalue weighted by molar-refractivity contribution is 6.15. The molecule has 3 heterocycles. The quantitative estimate of drug-likeness (QED) is 0.697. The molecular weight excluding hydrogens is 390 g/mol. The molecule has 8 heteroatoms. The number of hydrogen-bond acceptors (Lipinski definition) is 7. The largest absolute Gasteiger partial charge is 0.503 e. The number of methoxy groups -OCH3 is 2. The van der Waals surface area contributed by atoms with E-state index in [1.165, 1.54) is 31.4 Å². The van der Waals surface area contributed by atoms with Gasteiger partial charge >= 0.3 is 0 Å². The molecule has 2 atom stereocenters. The molecule has 30 heavy (non-hydrogen) atoms. The monoisotopic (exact) mass is 413 g/mol. The standard InChI is InChI=1S/C22H23NO7/c1-27-15-8-7-13(11-17(15)28-2)19-18(20(24)16-6-4-10-30-16)21(25)22(26)23(19)12-14-5-3-9-29-14/h4,6-8,10-11,14,19,25H,3,5,9,12H2,1-2H3/t14-,19-/m1/s1. The maximum absolute atomic E-state index is 13.1. The first-order chi connectivity index (χ1) is 14.5. The number of Topliss-reactive ketones (excluding diaryl/α,β-unsaturated/α-hetero) is 1. The lowest BCUT2D eigenvalue weighted by Gasteiger charge is -2.29. The van der Waals surface area contributed by atoms with Gasteiger partial charge in [0.1, 0.15) is 0 Å². The van der Waals surface area contributed by atoms with Gasteiger partial charge in [-0.3, -0.25) is 9.59 Å². The highest BCUT2D eigenvalue weighted by atomic mass is 16.5. The Morgan fingerprint density at radius 2 is 2.03 bits per heavy atom. The Morgan fingerprint density at radius 1 is 1.23 bits per heavy atom. The maximum atomic E-state index is 13.1. The summed E-state index contributed by atoms with van der Waals surface area (Å²) in [4.78, 5) is 27.6. The van der Waals surface area contributed by atoms with Gasteiger partial charge in [-0.1, -0.05) is 6.07 Å². The molecule has 2 aliphatic heterocycles. The molecule has 1 saturated heterocycles. The number of nitrogens with zero attached hydrogens (tertiary/aromatic N) is 1. The molecule has 0 spiro atoms. The Balaban J connectivity index is 1.79. The predicted octanol–water partition coefficient (Wildman–Crippen LogP) is 3.05. The van der Waals surface area contributed by atoms with Crippen molar-refractivity contribution in [3.05, 3.63) is 59.3 Å². The molecule has 8 nitrogen and oxygen atoms in total. The summed E-state index contributed by atoms with van der Waals surface area (Å²) in [6.45, 7) is 0.891. The molecule has 0 saturated carbocycles. The van der Waals surface area contributed by atoms with Gasteiger partial charge in [0.2, 0.25) is 5.78 Å². The van der Waals surface area contributed by atoms with Crippen LogP contribution in [-0.2, 0) is 9.53 Å². The molecule has 4 rings (SSSR count). The van der Waals surface area contributed by atoms with Crippen molar-refractivity contribution in [2.24, 2.45) is 0 Å². The summed E-state index contributed by atoms with van der Waals surface area (Å²) in [6, 6.07) is 7.42. The minimum Gasteiger partial charge on any atom is -0.503 e. The van der Waals surface area contributed by atoms with Gasteiger partial charge in [-0.25, -0.2) is 0 Å². The van der Waals surface area contributed by atoms with Crippen LogP contribution in [0.1, 0.15) is 35.0 Å². The topological polar surface area (TPSA) is 98.4 Å². The lowest BCUT2D eigenvalue weighted by Crippen LogP contribution is -2.37. The van der Waals surface area contributed by atoms with Crippen LogP contribution in [0.25, 0.3) is 0 Å². The van der Waals surface area contributed by atoms with Crippen LogP contribution in [0.15, 0.2) is 52.3 Å². The highest BCUT2D eigenvalue weighted by Gasteiger charge is 2.45. The summed E-state index contributed by atoms with van der Waals surface area (Å²) in [6.07, 6.45) is 2.94. The predicted molar refractivity (Wildman–Crippen MR) is 106 cm³/mol. The number of aliphatic hydroxyl groups excluding tert-OH is 1. The number of furan rings is 1. The van der Waals surface area contributed by atoms with E-state index in [0.717, 1.165) is 12.8 Å². The smallest absolute Gasteiger partial charge is 0.290 e. The van der Waals surface area contributed by atoms with Crippen LogP contribution in [0.5, 0.6) is 11.5 Å². The van der Waals surface area contributed by atoms with Gasteiger partial charge < -0.3 is 28.6 Å². The summed E-state index contributed by atoms with van der Waals surface area (Å²) >= 11 is 0. The van der Waals surface area contributed by atoms with Crippen molar-refractivity contribution in [1.29, 1.82) is 0 Å². The van der Waals surface area contributed by atoms with Gasteiger partial charge in [0, 0.05) is 13.2 Å². The molecule has 0 unspecified atom stereocenters. The molecule has 0 radical (unpaired) electrons. The van der Waals surface area contributed by atoms with Crippen LogP contribution in [0.2, 0.25) is 0 Å². The number of rotatable bonds is 7. The van der Waals surface area contributed by atoms with E-state index in [0.29, 0.717) is 23.7 Å². The van der Waals surface area contributed by atoms with Crippen molar-refractivity contribution in [3.63, 3.8) is 0 Å². The van der Waals surface area contributed by atoms with Crippen LogP contribution in [0.3, 0.4) is 0 Å². The van der Waals surface area contributed by atoms with E-state index in [2.05, 4.69) is 0 Å². The Hall–Kier alpha value is -3.26. The third-order valence-electron chi connectivity index (χ3n) is 5.44. The fraction of sp³-hybridized carbons (Fsp3) is 0.364. The van der Waals surface area contributed by atoms with E-state index in [4.69, 9.17) is 18.6 Å². The van der Waals surface area contributed by atoms with E-state index in [-0.39, 0.29) is 24.0 Å². The van der Waals surface area contributed by atoms with Crippen molar-refractivity contribution in [2.75, 3.05) is 27.4 Å². The van der Waals surface area contributed by atoms with Gasteiger partial charge in [-0.05, 0) is 42.7 Å². The molecule has 2 aliphatic rings. The van der Waals surface area contributed by atoms with Crippen LogP contribution in [0.4, 0.5) is 0 Å². The summed E-state index contributed by atoms with van der Waals surface area (Å²) in [5.74, 6) is -0.706. The van der Waals surface area contributed by atoms with Gasteiger partial charge in [-0.15, -0.1) is 0 Å². The van der Waals surface area contributed by atoms with Crippen molar-refractivity contribution < 1.29 is 33.3 Å². The zero-order valence-electron chi connectivity index (χ0n) is 16.8. The minimum absolute atomic E-state index is 0.0276. The fourth-order valence-electron chi connectivity index (χ4n) is 3.99. The normalized spacial score (nSPS) is 21.4. The van der Waals surface area contributed by atoms with Crippen LogP contribution in [0, 0.1) is 0 Å². The number of amides is 1. The van der Waals surface area contributed by atoms with Crippen molar-refractivity contribution >= 4 is 11.7 Å². The number of carbonyl (C=O) groups excluding carboxylic acids is 2. The second kappa shape index (κ2) is 8.23. The van der Waals surface area contributed by atoms with Crippen molar-refractivity contribution in [3.8, 4) is 11.5 Å². The minimum atomic E-state index is -0.806. The molecule has 1 amide bonds. The number of ether oxygens (including phenoxy) is 3. The third kappa shape index (κ3) is 3.43. The first kappa shape index (κ1) is 20.0. The van der Waals surface area contributed by atoms with Crippen LogP contribution >= 0.6 is 0 Å². The summed E-state index contributed by atoms with van der Waals surface area (Å²) in [5.41, 5.74) is 0.582. The Kier molecular flexibility index (Phi) is 5.50. The molecule has 0 aliphatic carbocycles. The van der Waals surface area contributed by atoms with E-state index >= 15 is 0 Å². The summed E-state index contributed by atoms with van der Waals surface area (Å²) < 4.78 is 21.6. The molecule has 1 N–H and O–H groups in total. The highest BCUT2D eigenvalue weighted by Crippen LogP contribution is 2.42. The zero-order valence-corrected chi connectivity index (χ0v) is 16.8. The Bertz CT molecular complexity index is 973. The van der Waals surface area contributed by atoms with Gasteiger partial charge in [0.05, 0.1) is 38.2 Å². The number of hydrogen-bond donors (Lipinski definition) is 1. The average Bonchev–Trinajstić information content (AvgIpc) is 3.52. The van der Waals surface area contributed by atoms with Crippen LogP contribution < -0.4 is 9.47 Å². The number of carbonyl (C=O) groups is 2. The lowest BCUT2D eigenvalue weighted by molar-refractivity contribution is -0.131. The van der Waals surface area contributed by atoms with E-state index < -0.39 is 23.5 Å². The Labute approximate surface area is 173 Å². The van der Waals surface area contributed by atoms with Crippen molar-refractivity contribution in [2.45, 2.75) is 25.0 Å². The van der Waals surface area contributed by atoms with E-state index in [1.54, 1.807) is 24.3 Å². The lowest BCUT2D eigenvalue weighted by atomic mass is 9.94. The van der Waals surface area contributed by atoms with E-state index in [1.807, 2.05) is 0 Å². The number of benzene rings is 1.